The van der Waals surface area contributed by atoms with Crippen molar-refractivity contribution in [2.75, 3.05) is 7.11 Å². The molecule has 5 nitrogen and oxygen atoms in total. The largest absolute Gasteiger partial charge is 0.465 e. The zero-order chi connectivity index (χ0) is 22.5. The van der Waals surface area contributed by atoms with Gasteiger partial charge in [0.25, 0.3) is 0 Å². The molecule has 0 radical (unpaired) electrons. The van der Waals surface area contributed by atoms with Gasteiger partial charge < -0.3 is 9.47 Å². The molecule has 0 unspecified atom stereocenters. The van der Waals surface area contributed by atoms with Crippen molar-refractivity contribution in [2.45, 2.75) is 12.8 Å². The lowest BCUT2D eigenvalue weighted by molar-refractivity contribution is 0.0600. The van der Waals surface area contributed by atoms with Gasteiger partial charge in [-0.3, -0.25) is 0 Å². The van der Waals surface area contributed by atoms with Crippen molar-refractivity contribution in [1.29, 1.82) is 5.26 Å². The van der Waals surface area contributed by atoms with E-state index >= 15 is 0 Å². The minimum absolute atomic E-state index is 0.334. The van der Waals surface area contributed by atoms with Gasteiger partial charge in [0.15, 0.2) is 0 Å². The molecule has 0 saturated heterocycles. The van der Waals surface area contributed by atoms with E-state index in [-0.39, 0.29) is 0 Å². The average Bonchev–Trinajstić information content (AvgIpc) is 2.84. The van der Waals surface area contributed by atoms with E-state index in [1.54, 1.807) is 30.3 Å². The quantitative estimate of drug-likeness (QED) is 0.440. The Morgan fingerprint density at radius 2 is 1.81 bits per heavy atom. The van der Waals surface area contributed by atoms with Crippen molar-refractivity contribution in [3.8, 4) is 23.1 Å². The molecule has 1 aliphatic rings. The topological polar surface area (TPSA) is 72.2 Å². The summed E-state index contributed by atoms with van der Waals surface area (Å²) in [7, 11) is 1.34. The maximum absolute atomic E-state index is 11.7. The molecule has 0 spiro atoms. The number of esters is 1. The summed E-state index contributed by atoms with van der Waals surface area (Å²) in [6.07, 6.45) is 5.18. The zero-order valence-electron chi connectivity index (χ0n) is 17.3. The Labute approximate surface area is 191 Å². The fourth-order valence-corrected chi connectivity index (χ4v) is 3.67. The number of nitrogens with zero attached hydrogens (tertiary/aromatic N) is 2. The first-order valence-electron chi connectivity index (χ1n) is 10.0. The molecule has 0 amide bonds. The highest BCUT2D eigenvalue weighted by atomic mass is 35.5. The van der Waals surface area contributed by atoms with Crippen LogP contribution in [0.5, 0.6) is 5.75 Å². The van der Waals surface area contributed by atoms with Crippen LogP contribution in [0.3, 0.4) is 0 Å². The molecule has 6 heteroatoms. The van der Waals surface area contributed by atoms with Gasteiger partial charge in [0.05, 0.1) is 34.6 Å². The number of allylic oxidation sites excluding steroid dienone is 4. The number of methoxy groups -OCH3 is 1. The van der Waals surface area contributed by atoms with Gasteiger partial charge in [-0.25, -0.2) is 9.78 Å². The molecule has 0 saturated carbocycles. The van der Waals surface area contributed by atoms with Crippen LogP contribution in [0.4, 0.5) is 0 Å². The molecule has 2 aromatic carbocycles. The molecule has 0 atom stereocenters. The van der Waals surface area contributed by atoms with E-state index in [1.807, 2.05) is 42.5 Å². The molecule has 32 heavy (non-hydrogen) atoms. The Morgan fingerprint density at radius 1 is 1.06 bits per heavy atom. The number of benzene rings is 2. The number of carbonyl (C=O) groups is 1. The first kappa shape index (κ1) is 21.4. The Bertz CT molecular complexity index is 1260. The molecule has 0 bridgehead atoms. The lowest BCUT2D eigenvalue weighted by Crippen LogP contribution is -2.04. The van der Waals surface area contributed by atoms with Crippen molar-refractivity contribution in [2.24, 2.45) is 0 Å². The number of nitriles is 1. The predicted molar refractivity (Wildman–Crippen MR) is 123 cm³/mol. The maximum atomic E-state index is 11.7. The van der Waals surface area contributed by atoms with Crippen LogP contribution in [0.25, 0.3) is 16.8 Å². The molecule has 1 aliphatic carbocycles. The molecule has 1 aromatic heterocycles. The van der Waals surface area contributed by atoms with Crippen molar-refractivity contribution in [1.82, 2.24) is 4.98 Å². The second-order valence-electron chi connectivity index (χ2n) is 7.13. The van der Waals surface area contributed by atoms with Gasteiger partial charge in [0.2, 0.25) is 0 Å². The van der Waals surface area contributed by atoms with Crippen molar-refractivity contribution >= 4 is 23.1 Å². The van der Waals surface area contributed by atoms with E-state index in [9.17, 15) is 10.1 Å². The van der Waals surface area contributed by atoms with E-state index in [4.69, 9.17) is 26.1 Å². The first-order valence-corrected chi connectivity index (χ1v) is 10.4. The third-order valence-electron chi connectivity index (χ3n) is 5.09. The molecular formula is C26H19ClN2O3. The minimum Gasteiger partial charge on any atom is -0.465 e. The number of ether oxygens (including phenoxy) is 2. The molecule has 4 rings (SSSR count). The summed E-state index contributed by atoms with van der Waals surface area (Å²) in [6.45, 7) is 0. The van der Waals surface area contributed by atoms with Crippen LogP contribution in [-0.4, -0.2) is 18.1 Å². The summed E-state index contributed by atoms with van der Waals surface area (Å²) in [5.41, 5.74) is 3.66. The van der Waals surface area contributed by atoms with Crippen LogP contribution >= 0.6 is 11.6 Å². The van der Waals surface area contributed by atoms with Gasteiger partial charge in [-0.1, -0.05) is 48.0 Å². The van der Waals surface area contributed by atoms with Crippen LogP contribution in [0.2, 0.25) is 5.02 Å². The van der Waals surface area contributed by atoms with Crippen LogP contribution in [0.15, 0.2) is 78.6 Å². The summed E-state index contributed by atoms with van der Waals surface area (Å²) < 4.78 is 10.7. The van der Waals surface area contributed by atoms with E-state index in [0.29, 0.717) is 40.4 Å². The minimum atomic E-state index is -0.407. The summed E-state index contributed by atoms with van der Waals surface area (Å²) in [6, 6.07) is 20.3. The third kappa shape index (κ3) is 4.56. The van der Waals surface area contributed by atoms with E-state index in [0.717, 1.165) is 22.6 Å². The summed E-state index contributed by atoms with van der Waals surface area (Å²) in [4.78, 5) is 16.4. The number of aromatic nitrogens is 1. The van der Waals surface area contributed by atoms with Gasteiger partial charge in [0.1, 0.15) is 17.6 Å². The van der Waals surface area contributed by atoms with Crippen molar-refractivity contribution in [3.05, 3.63) is 100 Å². The fraction of sp³-hybridized carbons (Fsp3) is 0.115. The Morgan fingerprint density at radius 3 is 2.44 bits per heavy atom. The number of pyridine rings is 1. The molecule has 0 fully saturated rings. The number of para-hydroxylation sites is 1. The second kappa shape index (κ2) is 9.51. The fourth-order valence-electron chi connectivity index (χ4n) is 3.44. The van der Waals surface area contributed by atoms with Gasteiger partial charge in [0, 0.05) is 12.0 Å². The Kier molecular flexibility index (Phi) is 6.34. The van der Waals surface area contributed by atoms with Gasteiger partial charge in [-0.15, -0.1) is 0 Å². The lowest BCUT2D eigenvalue weighted by Gasteiger charge is -2.17. The molecule has 0 N–H and O–H groups in total. The van der Waals surface area contributed by atoms with E-state index < -0.39 is 5.97 Å². The number of hydrogen-bond acceptors (Lipinski definition) is 5. The monoisotopic (exact) mass is 442 g/mol. The predicted octanol–water partition coefficient (Wildman–Crippen LogP) is 6.20. The zero-order valence-corrected chi connectivity index (χ0v) is 18.1. The lowest BCUT2D eigenvalue weighted by atomic mass is 9.96. The third-order valence-corrected chi connectivity index (χ3v) is 5.39. The van der Waals surface area contributed by atoms with Crippen LogP contribution in [0.1, 0.15) is 34.5 Å². The van der Waals surface area contributed by atoms with Gasteiger partial charge in [-0.2, -0.15) is 5.26 Å². The smallest absolute Gasteiger partial charge is 0.337 e. The highest BCUT2D eigenvalue weighted by molar-refractivity contribution is 6.32. The van der Waals surface area contributed by atoms with E-state index in [1.165, 1.54) is 7.11 Å². The van der Waals surface area contributed by atoms with Gasteiger partial charge >= 0.3 is 5.97 Å². The van der Waals surface area contributed by atoms with E-state index in [2.05, 4.69) is 6.07 Å². The van der Waals surface area contributed by atoms with Crippen LogP contribution < -0.4 is 4.74 Å². The molecule has 3 aromatic rings. The van der Waals surface area contributed by atoms with Crippen LogP contribution in [0, 0.1) is 11.3 Å². The average molecular weight is 443 g/mol. The SMILES string of the molecule is COC(=O)c1ccc(-c2cc(Cl)c(C#N)c(C3=CC=C(Oc4ccccc4)CC3)n2)cc1. The number of hydrogen-bond donors (Lipinski definition) is 0. The molecule has 158 valence electrons. The standard InChI is InChI=1S/C26H19ClN2O3/c1-31-26(30)19-9-7-17(8-10-19)24-15-23(27)22(16-28)25(29-24)18-11-13-21(14-12-18)32-20-5-3-2-4-6-20/h2-11,13,15H,12,14H2,1H3. The normalized spacial score (nSPS) is 12.9. The van der Waals surface area contributed by atoms with Crippen molar-refractivity contribution < 1.29 is 14.3 Å². The number of carbonyl (C=O) groups excluding carboxylic acids is 1. The summed E-state index contributed by atoms with van der Waals surface area (Å²) in [5, 5.41) is 10.0. The number of rotatable bonds is 5. The maximum Gasteiger partial charge on any atom is 0.337 e. The summed E-state index contributed by atoms with van der Waals surface area (Å²) >= 11 is 6.44. The second-order valence-corrected chi connectivity index (χ2v) is 7.54. The molecule has 1 heterocycles. The highest BCUT2D eigenvalue weighted by Gasteiger charge is 2.19. The molecular weight excluding hydrogens is 424 g/mol. The van der Waals surface area contributed by atoms with Gasteiger partial charge in [-0.05, 0) is 48.4 Å². The van der Waals surface area contributed by atoms with Crippen LogP contribution in [-0.2, 0) is 4.74 Å². The van der Waals surface area contributed by atoms with Crippen molar-refractivity contribution in [3.63, 3.8) is 0 Å². The Hall–Kier alpha value is -3.88. The first-order chi connectivity index (χ1) is 15.6. The molecule has 0 aliphatic heterocycles. The Balaban J connectivity index is 1.66. The highest BCUT2D eigenvalue weighted by Crippen LogP contribution is 2.34. The number of halogens is 1. The summed E-state index contributed by atoms with van der Waals surface area (Å²) in [5.74, 6) is 1.22.